The molecule has 4 heteroatoms. The predicted octanol–water partition coefficient (Wildman–Crippen LogP) is 2.67. The monoisotopic (exact) mass is 228 g/mol. The van der Waals surface area contributed by atoms with Gasteiger partial charge in [0.05, 0.1) is 5.69 Å². The summed E-state index contributed by atoms with van der Waals surface area (Å²) in [5, 5.41) is 3.18. The zero-order chi connectivity index (χ0) is 12.1. The van der Waals surface area contributed by atoms with E-state index in [9.17, 15) is 0 Å². The van der Waals surface area contributed by atoms with Crippen molar-refractivity contribution >= 4 is 5.95 Å². The topological polar surface area (TPSA) is 50.7 Å². The van der Waals surface area contributed by atoms with E-state index in [2.05, 4.69) is 27.2 Å². The smallest absolute Gasteiger partial charge is 0.223 e. The van der Waals surface area contributed by atoms with Crippen LogP contribution in [0, 0.1) is 6.92 Å². The van der Waals surface area contributed by atoms with Crippen molar-refractivity contribution in [3.63, 3.8) is 0 Å². The van der Waals surface area contributed by atoms with Gasteiger partial charge in [0.2, 0.25) is 5.95 Å². The van der Waals surface area contributed by atoms with E-state index < -0.39 is 0 Å². The second kappa shape index (κ2) is 5.39. The molecular weight excluding hydrogens is 212 g/mol. The molecule has 2 rings (SSSR count). The minimum Gasteiger partial charge on any atom is -0.354 e. The van der Waals surface area contributed by atoms with Crippen molar-refractivity contribution in [1.29, 1.82) is 0 Å². The highest BCUT2D eigenvalue weighted by Gasteiger charge is 2.02. The minimum atomic E-state index is 0.679. The minimum absolute atomic E-state index is 0.679. The van der Waals surface area contributed by atoms with Crippen LogP contribution in [-0.2, 0) is 0 Å². The van der Waals surface area contributed by atoms with Crippen molar-refractivity contribution in [1.82, 2.24) is 15.0 Å². The Labute approximate surface area is 101 Å². The summed E-state index contributed by atoms with van der Waals surface area (Å²) in [6, 6.07) is 5.89. The molecule has 0 aliphatic rings. The summed E-state index contributed by atoms with van der Waals surface area (Å²) in [5.41, 5.74) is 2.98. The van der Waals surface area contributed by atoms with E-state index in [1.807, 2.05) is 25.1 Å². The normalized spacial score (nSPS) is 10.2. The Hall–Kier alpha value is -1.97. The fraction of sp³-hybridized carbons (Fsp3) is 0.308. The van der Waals surface area contributed by atoms with Gasteiger partial charge in [-0.3, -0.25) is 4.98 Å². The van der Waals surface area contributed by atoms with Gasteiger partial charge in [0.25, 0.3) is 0 Å². The first kappa shape index (κ1) is 11.5. The number of aromatic nitrogens is 3. The highest BCUT2D eigenvalue weighted by molar-refractivity contribution is 5.59. The van der Waals surface area contributed by atoms with Crippen LogP contribution < -0.4 is 5.32 Å². The van der Waals surface area contributed by atoms with Gasteiger partial charge in [-0.2, -0.15) is 0 Å². The second-order valence-corrected chi connectivity index (χ2v) is 3.88. The summed E-state index contributed by atoms with van der Waals surface area (Å²) in [5.74, 6) is 0.679. The van der Waals surface area contributed by atoms with Crippen LogP contribution in [0.4, 0.5) is 5.95 Å². The van der Waals surface area contributed by atoms with E-state index in [-0.39, 0.29) is 0 Å². The molecule has 0 saturated heterocycles. The number of hydrogen-bond donors (Lipinski definition) is 1. The van der Waals surface area contributed by atoms with E-state index >= 15 is 0 Å². The average Bonchev–Trinajstić information content (AvgIpc) is 2.37. The van der Waals surface area contributed by atoms with Gasteiger partial charge in [-0.25, -0.2) is 9.97 Å². The molecular formula is C13H16N4. The van der Waals surface area contributed by atoms with E-state index in [1.165, 1.54) is 0 Å². The molecule has 17 heavy (non-hydrogen) atoms. The van der Waals surface area contributed by atoms with Gasteiger partial charge in [0, 0.05) is 30.2 Å². The van der Waals surface area contributed by atoms with Crippen LogP contribution in [0.5, 0.6) is 0 Å². The fourth-order valence-electron chi connectivity index (χ4n) is 1.55. The number of nitrogens with one attached hydrogen (secondary N) is 1. The van der Waals surface area contributed by atoms with Crippen molar-refractivity contribution in [2.24, 2.45) is 0 Å². The summed E-state index contributed by atoms with van der Waals surface area (Å²) >= 11 is 0. The Balaban J connectivity index is 2.26. The van der Waals surface area contributed by atoms with Crippen LogP contribution in [0.1, 0.15) is 19.0 Å². The van der Waals surface area contributed by atoms with E-state index in [1.54, 1.807) is 12.4 Å². The lowest BCUT2D eigenvalue weighted by atomic mass is 10.2. The van der Waals surface area contributed by atoms with Crippen LogP contribution >= 0.6 is 0 Å². The summed E-state index contributed by atoms with van der Waals surface area (Å²) in [6.45, 7) is 4.98. The van der Waals surface area contributed by atoms with Gasteiger partial charge in [-0.15, -0.1) is 0 Å². The Kier molecular flexibility index (Phi) is 3.65. The van der Waals surface area contributed by atoms with Crippen LogP contribution in [-0.4, -0.2) is 21.5 Å². The quantitative estimate of drug-likeness (QED) is 0.874. The number of anilines is 1. The number of aryl methyl sites for hydroxylation is 1. The summed E-state index contributed by atoms with van der Waals surface area (Å²) in [7, 11) is 0. The predicted molar refractivity (Wildman–Crippen MR) is 68.8 cm³/mol. The largest absolute Gasteiger partial charge is 0.354 e. The van der Waals surface area contributed by atoms with Crippen molar-refractivity contribution < 1.29 is 0 Å². The number of rotatable bonds is 4. The molecule has 4 nitrogen and oxygen atoms in total. The lowest BCUT2D eigenvalue weighted by Crippen LogP contribution is -2.04. The van der Waals surface area contributed by atoms with Gasteiger partial charge in [0.1, 0.15) is 0 Å². The molecule has 0 fully saturated rings. The van der Waals surface area contributed by atoms with Crippen molar-refractivity contribution in [2.75, 3.05) is 11.9 Å². The van der Waals surface area contributed by atoms with E-state index in [0.717, 1.165) is 29.9 Å². The maximum atomic E-state index is 4.47. The molecule has 0 saturated carbocycles. The fourth-order valence-corrected chi connectivity index (χ4v) is 1.55. The first-order valence-corrected chi connectivity index (χ1v) is 5.79. The molecule has 0 aliphatic heterocycles. The Morgan fingerprint density at radius 1 is 1.18 bits per heavy atom. The van der Waals surface area contributed by atoms with Gasteiger partial charge in [-0.1, -0.05) is 6.92 Å². The molecule has 1 N–H and O–H groups in total. The second-order valence-electron chi connectivity index (χ2n) is 3.88. The molecule has 0 atom stereocenters. The first-order valence-electron chi connectivity index (χ1n) is 5.79. The van der Waals surface area contributed by atoms with Crippen LogP contribution in [0.15, 0.2) is 30.6 Å². The maximum absolute atomic E-state index is 4.47. The summed E-state index contributed by atoms with van der Waals surface area (Å²) < 4.78 is 0. The van der Waals surface area contributed by atoms with Crippen molar-refractivity contribution in [3.8, 4) is 11.3 Å². The lowest BCUT2D eigenvalue weighted by molar-refractivity contribution is 0.953. The summed E-state index contributed by atoms with van der Waals surface area (Å²) in [4.78, 5) is 12.8. The van der Waals surface area contributed by atoms with Crippen molar-refractivity contribution in [2.45, 2.75) is 20.3 Å². The zero-order valence-corrected chi connectivity index (χ0v) is 10.1. The van der Waals surface area contributed by atoms with Crippen LogP contribution in [0.2, 0.25) is 0 Å². The van der Waals surface area contributed by atoms with E-state index in [0.29, 0.717) is 5.95 Å². The van der Waals surface area contributed by atoms with Gasteiger partial charge in [-0.05, 0) is 31.5 Å². The van der Waals surface area contributed by atoms with E-state index in [4.69, 9.17) is 0 Å². The Morgan fingerprint density at radius 2 is 2.00 bits per heavy atom. The molecule has 0 unspecified atom stereocenters. The van der Waals surface area contributed by atoms with Crippen molar-refractivity contribution in [3.05, 3.63) is 36.3 Å². The molecule has 88 valence electrons. The number of pyridine rings is 1. The molecule has 0 spiro atoms. The third kappa shape index (κ3) is 3.00. The molecule has 2 heterocycles. The average molecular weight is 228 g/mol. The van der Waals surface area contributed by atoms with Gasteiger partial charge in [0.15, 0.2) is 0 Å². The molecule has 2 aromatic heterocycles. The first-order chi connectivity index (χ1) is 8.29. The molecule has 0 amide bonds. The van der Waals surface area contributed by atoms with Gasteiger partial charge < -0.3 is 5.32 Å². The molecule has 0 bridgehead atoms. The third-order valence-electron chi connectivity index (χ3n) is 2.38. The Bertz CT molecular complexity index is 496. The standard InChI is InChI=1S/C13H16N4/c1-3-6-15-13-16-8-5-12(17-13)11-4-7-14-10(2)9-11/h4-5,7-9H,3,6H2,1-2H3,(H,15,16,17). The third-order valence-corrected chi connectivity index (χ3v) is 2.38. The molecule has 0 aliphatic carbocycles. The molecule has 0 aromatic carbocycles. The highest BCUT2D eigenvalue weighted by Crippen LogP contribution is 2.17. The number of nitrogens with zero attached hydrogens (tertiary/aromatic N) is 3. The molecule has 0 radical (unpaired) electrons. The van der Waals surface area contributed by atoms with Gasteiger partial charge >= 0.3 is 0 Å². The number of hydrogen-bond acceptors (Lipinski definition) is 4. The summed E-state index contributed by atoms with van der Waals surface area (Å²) in [6.07, 6.45) is 4.63. The maximum Gasteiger partial charge on any atom is 0.223 e. The van der Waals surface area contributed by atoms with Crippen LogP contribution in [0.3, 0.4) is 0 Å². The van der Waals surface area contributed by atoms with Crippen LogP contribution in [0.25, 0.3) is 11.3 Å². The zero-order valence-electron chi connectivity index (χ0n) is 10.1. The SMILES string of the molecule is CCCNc1nccc(-c2ccnc(C)c2)n1. The lowest BCUT2D eigenvalue weighted by Gasteiger charge is -2.05. The Morgan fingerprint density at radius 3 is 2.76 bits per heavy atom. The molecule has 2 aromatic rings. The highest BCUT2D eigenvalue weighted by atomic mass is 15.1.